The average molecular weight is 1970 g/mol. The molecule has 2 unspecified atom stereocenters. The predicted octanol–water partition coefficient (Wildman–Crippen LogP) is 17.4. The maximum atomic E-state index is 13.3. The summed E-state index contributed by atoms with van der Waals surface area (Å²) in [6, 6.07) is 67.8. The Morgan fingerprint density at radius 1 is 0.521 bits per heavy atom. The van der Waals surface area contributed by atoms with E-state index in [0.29, 0.717) is 50.7 Å². The van der Waals surface area contributed by atoms with Crippen molar-refractivity contribution in [1.29, 1.82) is 15.8 Å². The number of guanidine groups is 5. The summed E-state index contributed by atoms with van der Waals surface area (Å²) >= 11 is 16.9. The van der Waals surface area contributed by atoms with Crippen molar-refractivity contribution in [2.45, 2.75) is 140 Å². The monoisotopic (exact) mass is 1970 g/mol. The number of carbonyl (C=O) groups excluding carboxylic acids is 6. The van der Waals surface area contributed by atoms with Gasteiger partial charge in [-0.3, -0.25) is 53.3 Å². The summed E-state index contributed by atoms with van der Waals surface area (Å²) in [5.41, 5.74) is 41.2. The Hall–Kier alpha value is -14.2. The molecule has 0 bridgehead atoms. The minimum absolute atomic E-state index is 0.00934. The summed E-state index contributed by atoms with van der Waals surface area (Å²) in [6.45, 7) is 15.1. The van der Waals surface area contributed by atoms with Crippen LogP contribution >= 0.6 is 57.2 Å². The first-order valence-electron chi connectivity index (χ1n) is 45.8. The summed E-state index contributed by atoms with van der Waals surface area (Å²) in [5, 5.41) is 34.6. The van der Waals surface area contributed by atoms with Crippen LogP contribution in [0.25, 0.3) is 44.5 Å². The molecule has 2 fully saturated rings. The third-order valence-corrected chi connectivity index (χ3v) is 31.0. The molecule has 6 amide bonds. The van der Waals surface area contributed by atoms with Gasteiger partial charge in [-0.2, -0.15) is 15.8 Å². The van der Waals surface area contributed by atoms with Gasteiger partial charge in [-0.05, 0) is 267 Å². The highest BCUT2D eigenvalue weighted by Gasteiger charge is 2.55. The van der Waals surface area contributed by atoms with Gasteiger partial charge >= 0.3 is 0 Å². The highest BCUT2D eigenvalue weighted by atomic mass is 35.5. The molecule has 9 atom stereocenters. The third kappa shape index (κ3) is 21.6. The van der Waals surface area contributed by atoms with E-state index in [4.69, 9.17) is 76.6 Å². The number of nitriles is 3. The second-order valence-corrected chi connectivity index (χ2v) is 40.4. The molecule has 0 radical (unpaired) electrons. The normalized spacial score (nSPS) is 22.6. The lowest BCUT2D eigenvalue weighted by atomic mass is 9.78. The molecular weight excluding hydrogens is 1860 g/mol. The molecule has 1 aliphatic carbocycles. The van der Waals surface area contributed by atoms with Gasteiger partial charge in [-0.15, -0.1) is 34.0 Å². The zero-order valence-corrected chi connectivity index (χ0v) is 84.3. The fraction of sp³-hybridized carbons (Fsp3) is 0.318. The van der Waals surface area contributed by atoms with Gasteiger partial charge in [0.15, 0.2) is 35.3 Å². The van der Waals surface area contributed by atoms with Gasteiger partial charge in [-0.25, -0.2) is 29.9 Å². The lowest BCUT2D eigenvalue weighted by Gasteiger charge is -2.40. The van der Waals surface area contributed by atoms with Gasteiger partial charge in [-0.1, -0.05) is 133 Å². The second-order valence-electron chi connectivity index (χ2n) is 36.7. The summed E-state index contributed by atoms with van der Waals surface area (Å²) in [5.74, 6) is 0.992. The largest absolute Gasteiger partial charge is 0.481 e. The van der Waals surface area contributed by atoms with Crippen LogP contribution in [0.1, 0.15) is 156 Å². The number of carbonyl (C=O) groups is 6. The number of benzene rings is 7. The van der Waals surface area contributed by atoms with Crippen LogP contribution in [0.2, 0.25) is 10.0 Å². The Morgan fingerprint density at radius 2 is 1.06 bits per heavy atom. The van der Waals surface area contributed by atoms with Crippen LogP contribution in [-0.2, 0) is 69.4 Å². The molecule has 33 heteroatoms. The zero-order chi connectivity index (χ0) is 101. The van der Waals surface area contributed by atoms with Gasteiger partial charge in [0.2, 0.25) is 29.5 Å². The number of hydrogen-bond acceptors (Lipinski definition) is 25. The van der Waals surface area contributed by atoms with Crippen molar-refractivity contribution in [2.24, 2.45) is 77.3 Å². The van der Waals surface area contributed by atoms with Crippen molar-refractivity contribution < 1.29 is 38.2 Å². The Kier molecular flexibility index (Phi) is 31.0. The number of pyridine rings is 1. The van der Waals surface area contributed by atoms with Crippen molar-refractivity contribution in [3.05, 3.63) is 291 Å². The molecule has 11 aromatic rings. The first kappa shape index (κ1) is 102. The molecule has 720 valence electrons. The maximum Gasteiger partial charge on any atom is 0.261 e. The number of amides is 6. The summed E-state index contributed by atoms with van der Waals surface area (Å²) in [4.78, 5) is 117. The van der Waals surface area contributed by atoms with Crippen LogP contribution in [0.15, 0.2) is 241 Å². The lowest BCUT2D eigenvalue weighted by Crippen LogP contribution is -2.54. The van der Waals surface area contributed by atoms with Crippen molar-refractivity contribution in [1.82, 2.24) is 34.4 Å². The number of hydrogen-bond donors (Lipinski definition) is 5. The number of aryl methyl sites for hydroxylation is 2. The van der Waals surface area contributed by atoms with Crippen molar-refractivity contribution in [3.63, 3.8) is 0 Å². The van der Waals surface area contributed by atoms with Gasteiger partial charge in [0.25, 0.3) is 11.8 Å². The predicted molar refractivity (Wildman–Crippen MR) is 553 cm³/mol. The molecule has 18 rings (SSSR count). The minimum Gasteiger partial charge on any atom is -0.481 e. The quantitative estimate of drug-likeness (QED) is 0.0473. The van der Waals surface area contributed by atoms with Crippen molar-refractivity contribution in [3.8, 4) is 68.6 Å². The summed E-state index contributed by atoms with van der Waals surface area (Å²) < 4.78 is 10.6. The molecule has 0 spiro atoms. The van der Waals surface area contributed by atoms with Crippen LogP contribution in [-0.4, -0.2) is 161 Å². The number of rotatable bonds is 20. The molecular formula is C107H112Cl2N20O8S3. The van der Waals surface area contributed by atoms with Crippen LogP contribution in [0.3, 0.4) is 0 Å². The Balaban J connectivity index is 0.000000140. The molecule has 1 saturated heterocycles. The van der Waals surface area contributed by atoms with Crippen LogP contribution < -0.4 is 33.4 Å². The SMILES string of the molecule is CN1C(=O)[C@H](C2CC2)[C@@](C)(c2cc(-c3cc(Cl)cc(C#N)c3)cs2)N=C1N.COC[C@H]1CCCN1C(=O)c1cccc(CN2C(=O)C(C)(c3ccccc3)N=C2N)c1.COc1ncccc1-c1cccc([C@]2(C)CC(=O)N(C)C(N)=N2)c1.C[C@H]1C(=O)N(C)C(N)=N[C@]1(C)c1cc(-c2cc(Cl)cc(C#N)c2)cs1.Cc1ccc(CCCC2C(=O)N(C)C(N)=N[C@]2(C)c2cc(-c3cccc(C#N)c3)cs2)cc1. The molecule has 7 aliphatic rings. The molecule has 7 aromatic carbocycles. The summed E-state index contributed by atoms with van der Waals surface area (Å²) in [7, 11) is 9.90. The van der Waals surface area contributed by atoms with E-state index in [2.05, 4.69) is 80.8 Å². The number of aliphatic imine (C=N–C) groups is 5. The van der Waals surface area contributed by atoms with Crippen LogP contribution in [0, 0.1) is 64.6 Å². The van der Waals surface area contributed by atoms with Crippen molar-refractivity contribution >= 4 is 122 Å². The average Bonchev–Trinajstić information content (AvgIpc) is 1.02. The topological polar surface area (TPSA) is 416 Å². The van der Waals surface area contributed by atoms with E-state index in [9.17, 15) is 39.3 Å². The van der Waals surface area contributed by atoms with E-state index in [1.807, 2.05) is 190 Å². The van der Waals surface area contributed by atoms with Crippen molar-refractivity contribution in [2.75, 3.05) is 55.6 Å². The molecule has 28 nitrogen and oxygen atoms in total. The van der Waals surface area contributed by atoms with E-state index in [1.54, 1.807) is 102 Å². The number of methoxy groups -OCH3 is 2. The number of thiophene rings is 3. The second kappa shape index (κ2) is 42.6. The Bertz CT molecular complexity index is 6870. The number of nitrogens with two attached hydrogens (primary N) is 5. The van der Waals surface area contributed by atoms with Gasteiger partial charge < -0.3 is 43.0 Å². The first-order valence-corrected chi connectivity index (χ1v) is 49.2. The zero-order valence-electron chi connectivity index (χ0n) is 80.3. The molecule has 1 saturated carbocycles. The lowest BCUT2D eigenvalue weighted by molar-refractivity contribution is -0.135. The Labute approximate surface area is 837 Å². The number of ether oxygens (including phenoxy) is 2. The van der Waals surface area contributed by atoms with Crippen LogP contribution in [0.5, 0.6) is 5.88 Å². The number of halogens is 2. The summed E-state index contributed by atoms with van der Waals surface area (Å²) in [6.07, 6.45) is 8.52. The molecule has 4 aromatic heterocycles. The maximum absolute atomic E-state index is 13.3. The van der Waals surface area contributed by atoms with E-state index >= 15 is 0 Å². The van der Waals surface area contributed by atoms with E-state index in [0.717, 1.165) is 127 Å². The van der Waals surface area contributed by atoms with Gasteiger partial charge in [0.05, 0.1) is 90.9 Å². The third-order valence-electron chi connectivity index (χ3n) is 27.1. The smallest absolute Gasteiger partial charge is 0.261 e. The highest BCUT2D eigenvalue weighted by Crippen LogP contribution is 2.53. The number of nitrogens with zero attached hydrogens (tertiary/aromatic N) is 15. The van der Waals surface area contributed by atoms with Gasteiger partial charge in [0, 0.05) is 83.8 Å². The van der Waals surface area contributed by atoms with E-state index in [-0.39, 0.29) is 102 Å². The molecule has 6 aliphatic heterocycles. The van der Waals surface area contributed by atoms with E-state index in [1.165, 1.54) is 47.0 Å². The number of likely N-dealkylation sites (tertiary alicyclic amines) is 1. The van der Waals surface area contributed by atoms with E-state index < -0.39 is 27.7 Å². The van der Waals surface area contributed by atoms with Crippen LogP contribution in [0.4, 0.5) is 0 Å². The fourth-order valence-electron chi connectivity index (χ4n) is 18.4. The fourth-order valence-corrected chi connectivity index (χ4v) is 22.1. The highest BCUT2D eigenvalue weighted by molar-refractivity contribution is 7.11. The standard InChI is InChI=1S/C27H28N4OS.C24H28N4O3.C20H19ClN4OS.C18H17ClN4OS.C18H20N4O2/c1-18-10-12-19(13-11-18)6-5-9-23-25(32)31(3)26(29)30-27(23,2)24-15-22(17-33-24)21-8-4-7-20(14-21)16-28;1-24(19-10-4-3-5-11-19)22(30)28(23(25)26-24)15-17-8-6-9-18(14-17)21(29)27-13-7-12-20(27)16-31-2;1-20(17(12-3-4-12)18(26)25(2)19(23)24-20)16-8-14(10-27-16)13-5-11(9-22)6-15(21)7-13;1-10-16(24)23(3)17(21)22-18(10,2)15-7-13(9-25-15)12-4-11(8-20)5-14(19)6-12;1-18(11-15(23)22(2)17(19)21-18)13-7-4-6-12(10-13)14-8-5-9-20-16(14)24-3/h4,7-8,10-15,17,23H,5-6,9H2,1-3H3,(H2,29,30);3-6,8-11,14,20H,7,12-13,15-16H2,1-2H3,(H2,25,26);5-8,10,12,17H,3-4H2,1-2H3,(H2,23,24);4-7,9-10H,1-3H3,(H2,21,22);4-10H,11H2,1-3H3,(H2,19,21)/t23?,27-;20-,24?;17-,20+;10-,18-;18-/m01000/s1. The Morgan fingerprint density at radius 3 is 1.66 bits per heavy atom. The van der Waals surface area contributed by atoms with Gasteiger partial charge in [0.1, 0.15) is 16.6 Å². The number of aromatic nitrogens is 1. The minimum atomic E-state index is -1.04. The molecule has 140 heavy (non-hydrogen) atoms. The molecule has 10 N–H and O–H groups in total. The first-order chi connectivity index (χ1) is 66.8. The molecule has 10 heterocycles.